The summed E-state index contributed by atoms with van der Waals surface area (Å²) in [6.07, 6.45) is -1.54. The molecule has 10 nitrogen and oxygen atoms in total. The van der Waals surface area contributed by atoms with Crippen molar-refractivity contribution in [3.05, 3.63) is 60.2 Å². The van der Waals surface area contributed by atoms with Crippen molar-refractivity contribution >= 4 is 16.1 Å². The van der Waals surface area contributed by atoms with E-state index in [0.29, 0.717) is 31.9 Å². The van der Waals surface area contributed by atoms with Gasteiger partial charge in [-0.2, -0.15) is 4.31 Å². The van der Waals surface area contributed by atoms with Crippen LogP contribution in [0.2, 0.25) is 0 Å². The van der Waals surface area contributed by atoms with Crippen molar-refractivity contribution in [3.8, 4) is 5.75 Å². The molecule has 3 rings (SSSR count). The maximum absolute atomic E-state index is 13.5. The van der Waals surface area contributed by atoms with Gasteiger partial charge in [0.25, 0.3) is 0 Å². The van der Waals surface area contributed by atoms with Crippen LogP contribution in [-0.2, 0) is 25.9 Å². The van der Waals surface area contributed by atoms with E-state index in [4.69, 9.17) is 14.2 Å². The summed E-state index contributed by atoms with van der Waals surface area (Å²) in [5.74, 6) is 0.555. The molecule has 0 spiro atoms. The highest BCUT2D eigenvalue weighted by molar-refractivity contribution is 7.89. The van der Waals surface area contributed by atoms with Crippen molar-refractivity contribution in [1.29, 1.82) is 0 Å². The van der Waals surface area contributed by atoms with Gasteiger partial charge in [0.2, 0.25) is 10.0 Å². The maximum Gasteiger partial charge on any atom is 0.407 e. The molecule has 0 aromatic heterocycles. The first-order valence-electron chi connectivity index (χ1n) is 13.3. The largest absolute Gasteiger partial charge is 0.497 e. The number of aliphatic hydroxyl groups excluding tert-OH is 1. The summed E-state index contributed by atoms with van der Waals surface area (Å²) in [6, 6.07) is 14.8. The fourth-order valence-corrected chi connectivity index (χ4v) is 5.97. The predicted octanol–water partition coefficient (Wildman–Crippen LogP) is 2.37. The molecule has 2 N–H and O–H groups in total. The molecule has 0 aliphatic carbocycles. The van der Waals surface area contributed by atoms with Crippen LogP contribution in [-0.4, -0.2) is 101 Å². The van der Waals surface area contributed by atoms with Crippen LogP contribution in [0, 0.1) is 5.92 Å². The minimum absolute atomic E-state index is 0.0101. The second-order valence-corrected chi connectivity index (χ2v) is 11.9. The van der Waals surface area contributed by atoms with Crippen LogP contribution < -0.4 is 10.1 Å². The maximum atomic E-state index is 13.5. The van der Waals surface area contributed by atoms with Crippen molar-refractivity contribution < 1.29 is 32.5 Å². The van der Waals surface area contributed by atoms with E-state index >= 15 is 0 Å². The molecule has 1 aliphatic heterocycles. The molecule has 2 atom stereocenters. The van der Waals surface area contributed by atoms with Crippen LogP contribution in [0.3, 0.4) is 0 Å². The number of rotatable bonds is 14. The monoisotopic (exact) mass is 563 g/mol. The number of aliphatic hydroxyl groups is 1. The molecule has 0 saturated carbocycles. The van der Waals surface area contributed by atoms with E-state index in [1.54, 1.807) is 12.1 Å². The van der Waals surface area contributed by atoms with Gasteiger partial charge < -0.3 is 24.6 Å². The van der Waals surface area contributed by atoms with Crippen LogP contribution in [0.5, 0.6) is 5.75 Å². The van der Waals surface area contributed by atoms with Crippen LogP contribution in [0.4, 0.5) is 4.79 Å². The van der Waals surface area contributed by atoms with Gasteiger partial charge in [-0.3, -0.25) is 4.90 Å². The fourth-order valence-electron chi connectivity index (χ4n) is 4.35. The molecular weight excluding hydrogens is 522 g/mol. The van der Waals surface area contributed by atoms with Gasteiger partial charge in [-0.05, 0) is 42.2 Å². The lowest BCUT2D eigenvalue weighted by Crippen LogP contribution is -2.51. The minimum atomic E-state index is -3.92. The van der Waals surface area contributed by atoms with Crippen LogP contribution in [0.1, 0.15) is 19.4 Å². The highest BCUT2D eigenvalue weighted by Gasteiger charge is 2.31. The molecule has 0 unspecified atom stereocenters. The predicted molar refractivity (Wildman–Crippen MR) is 148 cm³/mol. The second-order valence-electron chi connectivity index (χ2n) is 9.99. The highest BCUT2D eigenvalue weighted by atomic mass is 32.2. The Kier molecular flexibility index (Phi) is 12.0. The van der Waals surface area contributed by atoms with Crippen molar-refractivity contribution in [2.75, 3.05) is 59.7 Å². The molecule has 2 aromatic carbocycles. The van der Waals surface area contributed by atoms with Crippen molar-refractivity contribution in [2.24, 2.45) is 5.92 Å². The third kappa shape index (κ3) is 9.77. The molecule has 1 amide bonds. The van der Waals surface area contributed by atoms with E-state index in [-0.39, 0.29) is 30.5 Å². The summed E-state index contributed by atoms with van der Waals surface area (Å²) in [5.41, 5.74) is 0.892. The summed E-state index contributed by atoms with van der Waals surface area (Å²) < 4.78 is 44.3. The van der Waals surface area contributed by atoms with E-state index in [9.17, 15) is 18.3 Å². The van der Waals surface area contributed by atoms with Gasteiger partial charge >= 0.3 is 6.09 Å². The lowest BCUT2D eigenvalue weighted by molar-refractivity contribution is 0.0270. The molecule has 11 heteroatoms. The second kappa shape index (κ2) is 15.2. The van der Waals surface area contributed by atoms with Gasteiger partial charge in [0, 0.05) is 32.7 Å². The Bertz CT molecular complexity index is 1110. The first kappa shape index (κ1) is 30.8. The first-order valence-corrected chi connectivity index (χ1v) is 14.7. The number of nitrogens with one attached hydrogen (secondary N) is 1. The Morgan fingerprint density at radius 3 is 2.36 bits per heavy atom. The molecule has 0 radical (unpaired) electrons. The van der Waals surface area contributed by atoms with Gasteiger partial charge in [-0.1, -0.05) is 44.2 Å². The van der Waals surface area contributed by atoms with Crippen LogP contribution >= 0.6 is 0 Å². The number of carbonyl (C=O) groups excluding carboxylic acids is 1. The van der Waals surface area contributed by atoms with E-state index in [1.807, 2.05) is 44.2 Å². The molecule has 2 aromatic rings. The Morgan fingerprint density at radius 1 is 1.08 bits per heavy atom. The Balaban J connectivity index is 1.72. The van der Waals surface area contributed by atoms with Crippen LogP contribution in [0.15, 0.2) is 59.5 Å². The van der Waals surface area contributed by atoms with Crippen molar-refractivity contribution in [1.82, 2.24) is 14.5 Å². The Labute approximate surface area is 231 Å². The number of ether oxygens (including phenoxy) is 3. The number of benzene rings is 2. The number of hydrogen-bond donors (Lipinski definition) is 2. The summed E-state index contributed by atoms with van der Waals surface area (Å²) >= 11 is 0. The minimum Gasteiger partial charge on any atom is -0.497 e. The van der Waals surface area contributed by atoms with Gasteiger partial charge in [0.1, 0.15) is 12.4 Å². The topological polar surface area (TPSA) is 118 Å². The van der Waals surface area contributed by atoms with E-state index in [0.717, 1.165) is 18.7 Å². The molecule has 1 saturated heterocycles. The first-order chi connectivity index (χ1) is 18.7. The molecule has 216 valence electrons. The average molecular weight is 564 g/mol. The lowest BCUT2D eigenvalue weighted by Gasteiger charge is -2.30. The van der Waals surface area contributed by atoms with Crippen molar-refractivity contribution in [3.63, 3.8) is 0 Å². The molecule has 0 bridgehead atoms. The summed E-state index contributed by atoms with van der Waals surface area (Å²) in [5, 5.41) is 14.1. The zero-order chi connectivity index (χ0) is 28.3. The smallest absolute Gasteiger partial charge is 0.407 e. The SMILES string of the molecule is COc1ccc(S(=O)(=O)N(CC(C)C)C[C@@H](O)[C@H](Cc2ccccc2)NC(=O)OCCN2CCOCC2)cc1. The Hall–Kier alpha value is -2.70. The highest BCUT2D eigenvalue weighted by Crippen LogP contribution is 2.21. The van der Waals surface area contributed by atoms with Gasteiger partial charge in [0.15, 0.2) is 0 Å². The van der Waals surface area contributed by atoms with Gasteiger partial charge in [-0.25, -0.2) is 13.2 Å². The molecule has 39 heavy (non-hydrogen) atoms. The zero-order valence-electron chi connectivity index (χ0n) is 23.0. The average Bonchev–Trinajstić information content (AvgIpc) is 2.93. The van der Waals surface area contributed by atoms with Crippen molar-refractivity contribution in [2.45, 2.75) is 37.3 Å². The number of nitrogens with zero attached hydrogens (tertiary/aromatic N) is 2. The number of hydrogen-bond acceptors (Lipinski definition) is 8. The molecule has 1 heterocycles. The summed E-state index contributed by atoms with van der Waals surface area (Å²) in [4.78, 5) is 15.0. The summed E-state index contributed by atoms with van der Waals surface area (Å²) in [7, 11) is -2.41. The number of carbonyl (C=O) groups is 1. The number of amides is 1. The number of alkyl carbamates (subject to hydrolysis) is 1. The Morgan fingerprint density at radius 2 is 1.74 bits per heavy atom. The van der Waals surface area contributed by atoms with E-state index in [1.165, 1.54) is 23.5 Å². The van der Waals surface area contributed by atoms with Gasteiger partial charge in [-0.15, -0.1) is 0 Å². The van der Waals surface area contributed by atoms with E-state index < -0.39 is 28.3 Å². The number of sulfonamides is 1. The third-order valence-electron chi connectivity index (χ3n) is 6.47. The summed E-state index contributed by atoms with van der Waals surface area (Å²) in [6.45, 7) is 7.50. The molecule has 1 aliphatic rings. The number of methoxy groups -OCH3 is 1. The standard InChI is InChI=1S/C28H41N3O7S/c1-22(2)20-31(39(34,35)25-11-9-24(36-3)10-12-25)21-27(32)26(19-23-7-5-4-6-8-23)29-28(33)38-18-15-30-13-16-37-17-14-30/h4-12,22,26-27,32H,13-21H2,1-3H3,(H,29,33)/t26-,27+/m0/s1. The molecular formula is C28H41N3O7S. The normalized spacial score (nSPS) is 16.2. The number of morpholine rings is 1. The van der Waals surface area contributed by atoms with Crippen LogP contribution in [0.25, 0.3) is 0 Å². The fraction of sp³-hybridized carbons (Fsp3) is 0.536. The zero-order valence-corrected chi connectivity index (χ0v) is 23.8. The molecule has 1 fully saturated rings. The van der Waals surface area contributed by atoms with E-state index in [2.05, 4.69) is 10.2 Å². The third-order valence-corrected chi connectivity index (χ3v) is 8.31. The van der Waals surface area contributed by atoms with Gasteiger partial charge in [0.05, 0.1) is 37.4 Å². The lowest BCUT2D eigenvalue weighted by atomic mass is 10.0. The quantitative estimate of drug-likeness (QED) is 0.360.